The van der Waals surface area contributed by atoms with Crippen molar-refractivity contribution in [3.8, 4) is 11.3 Å². The van der Waals surface area contributed by atoms with Gasteiger partial charge in [-0.15, -0.1) is 0 Å². The van der Waals surface area contributed by atoms with Crippen molar-refractivity contribution in [1.82, 2.24) is 14.6 Å². The van der Waals surface area contributed by atoms with Crippen LogP contribution >= 0.6 is 11.8 Å². The van der Waals surface area contributed by atoms with Gasteiger partial charge in [-0.05, 0) is 25.7 Å². The van der Waals surface area contributed by atoms with Crippen molar-refractivity contribution in [2.24, 2.45) is 5.92 Å². The fourth-order valence-electron chi connectivity index (χ4n) is 2.93. The number of hydrogen-bond acceptors (Lipinski definition) is 4. The monoisotopic (exact) mass is 398 g/mol. The number of halogens is 3. The smallest absolute Gasteiger partial charge is 0.337 e. The molecule has 5 nitrogen and oxygen atoms in total. The standard InChI is InChI=1S/C18H21F3N4OS/c1-12(13-7-8-13)24(11-18(19,20)21)16(26)10-27-17-23-15(9-25(17)22)14-5-3-2-4-6-14/h2-6,9,12-13H,7-8,10-11,22H2,1H3. The van der Waals surface area contributed by atoms with Gasteiger partial charge in [0.25, 0.3) is 0 Å². The molecular formula is C18H21F3N4OS. The van der Waals surface area contributed by atoms with Gasteiger partial charge < -0.3 is 10.7 Å². The molecule has 1 aromatic heterocycles. The summed E-state index contributed by atoms with van der Waals surface area (Å²) >= 11 is 1.04. The van der Waals surface area contributed by atoms with Crippen molar-refractivity contribution in [3.05, 3.63) is 36.5 Å². The number of rotatable bonds is 7. The Bertz CT molecular complexity index is 790. The molecule has 0 saturated heterocycles. The van der Waals surface area contributed by atoms with Crippen molar-refractivity contribution in [1.29, 1.82) is 0 Å². The highest BCUT2D eigenvalue weighted by Gasteiger charge is 2.40. The van der Waals surface area contributed by atoms with Gasteiger partial charge in [-0.2, -0.15) is 13.2 Å². The first kappa shape index (κ1) is 19.6. The van der Waals surface area contributed by atoms with E-state index in [9.17, 15) is 18.0 Å². The van der Waals surface area contributed by atoms with E-state index in [2.05, 4.69) is 4.98 Å². The molecule has 3 rings (SSSR count). The first-order chi connectivity index (χ1) is 12.7. The number of thioether (sulfide) groups is 1. The molecule has 0 bridgehead atoms. The summed E-state index contributed by atoms with van der Waals surface area (Å²) in [4.78, 5) is 17.8. The largest absolute Gasteiger partial charge is 0.406 e. The predicted octanol–water partition coefficient (Wildman–Crippen LogP) is 3.55. The number of imidazole rings is 1. The Hall–Kier alpha value is -2.16. The summed E-state index contributed by atoms with van der Waals surface area (Å²) in [6.07, 6.45) is -1.06. The lowest BCUT2D eigenvalue weighted by atomic mass is 10.2. The molecule has 2 N–H and O–H groups in total. The molecule has 2 aromatic rings. The fraction of sp³-hybridized carbons (Fsp3) is 0.444. The van der Waals surface area contributed by atoms with Gasteiger partial charge in [0.1, 0.15) is 6.54 Å². The quantitative estimate of drug-likeness (QED) is 0.572. The zero-order valence-corrected chi connectivity index (χ0v) is 15.6. The number of carbonyl (C=O) groups is 1. The SMILES string of the molecule is CC(C1CC1)N(CC(F)(F)F)C(=O)CSc1nc(-c2ccccc2)cn1N. The number of carbonyl (C=O) groups excluding carboxylic acids is 1. The minimum Gasteiger partial charge on any atom is -0.337 e. The second kappa shape index (κ2) is 7.84. The molecule has 1 fully saturated rings. The summed E-state index contributed by atoms with van der Waals surface area (Å²) in [7, 11) is 0. The Labute approximate surface area is 159 Å². The van der Waals surface area contributed by atoms with E-state index in [0.717, 1.165) is 35.1 Å². The molecule has 1 atom stereocenters. The Morgan fingerprint density at radius 2 is 2.04 bits per heavy atom. The summed E-state index contributed by atoms with van der Waals surface area (Å²) < 4.78 is 40.0. The van der Waals surface area contributed by atoms with E-state index in [1.807, 2.05) is 30.3 Å². The van der Waals surface area contributed by atoms with Gasteiger partial charge in [-0.25, -0.2) is 9.66 Å². The molecule has 27 heavy (non-hydrogen) atoms. The normalized spacial score (nSPS) is 15.6. The van der Waals surface area contributed by atoms with Gasteiger partial charge in [0.2, 0.25) is 5.91 Å². The van der Waals surface area contributed by atoms with Crippen LogP contribution in [0.3, 0.4) is 0 Å². The van der Waals surface area contributed by atoms with Gasteiger partial charge in [-0.3, -0.25) is 4.79 Å². The number of benzene rings is 1. The Morgan fingerprint density at radius 1 is 1.37 bits per heavy atom. The molecule has 0 spiro atoms. The van der Waals surface area contributed by atoms with E-state index in [1.54, 1.807) is 13.1 Å². The summed E-state index contributed by atoms with van der Waals surface area (Å²) in [5.74, 6) is 5.35. The number of nitrogens with two attached hydrogens (primary N) is 1. The molecule has 1 heterocycles. The van der Waals surface area contributed by atoms with E-state index in [0.29, 0.717) is 10.9 Å². The molecule has 1 unspecified atom stereocenters. The highest BCUT2D eigenvalue weighted by atomic mass is 32.2. The molecule has 1 aromatic carbocycles. The Kier molecular flexibility index (Phi) is 5.69. The fourth-order valence-corrected chi connectivity index (χ4v) is 3.71. The number of hydrogen-bond donors (Lipinski definition) is 1. The van der Waals surface area contributed by atoms with Crippen LogP contribution in [0.4, 0.5) is 13.2 Å². The number of amides is 1. The van der Waals surface area contributed by atoms with Crippen LogP contribution in [0.2, 0.25) is 0 Å². The van der Waals surface area contributed by atoms with Crippen LogP contribution in [0.25, 0.3) is 11.3 Å². The average molecular weight is 398 g/mol. The van der Waals surface area contributed by atoms with Crippen molar-refractivity contribution in [2.75, 3.05) is 18.1 Å². The Morgan fingerprint density at radius 3 is 2.63 bits per heavy atom. The molecule has 9 heteroatoms. The Balaban J connectivity index is 1.67. The molecule has 1 amide bonds. The number of aromatic nitrogens is 2. The minimum absolute atomic E-state index is 0.143. The summed E-state index contributed by atoms with van der Waals surface area (Å²) in [6.45, 7) is 0.458. The van der Waals surface area contributed by atoms with Crippen molar-refractivity contribution < 1.29 is 18.0 Å². The van der Waals surface area contributed by atoms with Crippen LogP contribution in [0.1, 0.15) is 19.8 Å². The first-order valence-corrected chi connectivity index (χ1v) is 9.62. The van der Waals surface area contributed by atoms with Crippen molar-refractivity contribution >= 4 is 17.7 Å². The molecule has 1 saturated carbocycles. The third-order valence-electron chi connectivity index (χ3n) is 4.56. The van der Waals surface area contributed by atoms with E-state index >= 15 is 0 Å². The third-order valence-corrected chi connectivity index (χ3v) is 5.51. The van der Waals surface area contributed by atoms with E-state index in [4.69, 9.17) is 5.84 Å². The maximum Gasteiger partial charge on any atom is 0.406 e. The zero-order chi connectivity index (χ0) is 19.6. The molecular weight excluding hydrogens is 377 g/mol. The maximum absolute atomic E-state index is 12.9. The van der Waals surface area contributed by atoms with Crippen LogP contribution in [0.5, 0.6) is 0 Å². The second-order valence-electron chi connectivity index (χ2n) is 6.69. The van der Waals surface area contributed by atoms with Gasteiger partial charge in [-0.1, -0.05) is 42.1 Å². The summed E-state index contributed by atoms with van der Waals surface area (Å²) in [5.41, 5.74) is 1.52. The van der Waals surface area contributed by atoms with Crippen molar-refractivity contribution in [2.45, 2.75) is 37.1 Å². The third kappa shape index (κ3) is 5.18. The minimum atomic E-state index is -4.42. The van der Waals surface area contributed by atoms with Gasteiger partial charge >= 0.3 is 6.18 Å². The lowest BCUT2D eigenvalue weighted by Gasteiger charge is -2.30. The van der Waals surface area contributed by atoms with Crippen LogP contribution in [-0.4, -0.2) is 45.0 Å². The van der Waals surface area contributed by atoms with E-state index in [-0.39, 0.29) is 11.7 Å². The molecule has 0 radical (unpaired) electrons. The van der Waals surface area contributed by atoms with Gasteiger partial charge in [0.05, 0.1) is 17.6 Å². The van der Waals surface area contributed by atoms with Crippen LogP contribution in [0.15, 0.2) is 41.7 Å². The van der Waals surface area contributed by atoms with Crippen LogP contribution in [-0.2, 0) is 4.79 Å². The zero-order valence-electron chi connectivity index (χ0n) is 14.8. The van der Waals surface area contributed by atoms with E-state index in [1.165, 1.54) is 4.68 Å². The highest BCUT2D eigenvalue weighted by molar-refractivity contribution is 7.99. The molecule has 1 aliphatic rings. The summed E-state index contributed by atoms with van der Waals surface area (Å²) in [6, 6.07) is 8.96. The van der Waals surface area contributed by atoms with Crippen LogP contribution < -0.4 is 5.84 Å². The average Bonchev–Trinajstić information content (AvgIpc) is 3.40. The predicted molar refractivity (Wildman–Crippen MR) is 98.5 cm³/mol. The lowest BCUT2D eigenvalue weighted by molar-refractivity contribution is -0.164. The van der Waals surface area contributed by atoms with E-state index < -0.39 is 24.7 Å². The van der Waals surface area contributed by atoms with Gasteiger partial charge in [0, 0.05) is 11.6 Å². The lowest BCUT2D eigenvalue weighted by Crippen LogP contribution is -2.46. The maximum atomic E-state index is 12.9. The molecule has 1 aliphatic carbocycles. The highest BCUT2D eigenvalue weighted by Crippen LogP contribution is 2.36. The number of nitrogen functional groups attached to an aromatic ring is 1. The topological polar surface area (TPSA) is 64.2 Å². The number of alkyl halides is 3. The van der Waals surface area contributed by atoms with Crippen molar-refractivity contribution in [3.63, 3.8) is 0 Å². The van der Waals surface area contributed by atoms with Crippen LogP contribution in [0, 0.1) is 5.92 Å². The molecule has 0 aliphatic heterocycles. The summed E-state index contributed by atoms with van der Waals surface area (Å²) in [5, 5.41) is 0.383. The van der Waals surface area contributed by atoms with Gasteiger partial charge in [0.15, 0.2) is 5.16 Å². The second-order valence-corrected chi connectivity index (χ2v) is 7.63. The molecule has 146 valence electrons. The first-order valence-electron chi connectivity index (χ1n) is 8.63. The number of nitrogens with zero attached hydrogens (tertiary/aromatic N) is 3.